The Labute approximate surface area is 125 Å². The van der Waals surface area contributed by atoms with Gasteiger partial charge < -0.3 is 0 Å². The van der Waals surface area contributed by atoms with Crippen LogP contribution in [-0.4, -0.2) is 17.3 Å². The monoisotopic (exact) mass is 284 g/mol. The van der Waals surface area contributed by atoms with Crippen molar-refractivity contribution in [1.29, 1.82) is 0 Å². The maximum absolute atomic E-state index is 12.0. The standard InChI is InChI=1S/C18H20O3/c1-18(16(20)11-7-12-17(18)21)13-6-5-10-15(19)14-8-3-2-4-9-14/h2-5,8-10H,6-7,11-13H2,1H3/b10-5+. The van der Waals surface area contributed by atoms with Crippen LogP contribution in [0.4, 0.5) is 0 Å². The van der Waals surface area contributed by atoms with E-state index in [-0.39, 0.29) is 17.3 Å². The van der Waals surface area contributed by atoms with Crippen molar-refractivity contribution in [3.8, 4) is 0 Å². The zero-order chi connectivity index (χ0) is 15.3. The first-order valence-corrected chi connectivity index (χ1v) is 7.36. The average molecular weight is 284 g/mol. The van der Waals surface area contributed by atoms with Crippen LogP contribution < -0.4 is 0 Å². The normalized spacial score (nSPS) is 18.1. The Morgan fingerprint density at radius 1 is 1.14 bits per heavy atom. The molecule has 21 heavy (non-hydrogen) atoms. The van der Waals surface area contributed by atoms with Crippen molar-refractivity contribution in [1.82, 2.24) is 0 Å². The third-order valence-corrected chi connectivity index (χ3v) is 4.18. The molecule has 1 fully saturated rings. The number of carbonyl (C=O) groups excluding carboxylic acids is 3. The van der Waals surface area contributed by atoms with E-state index < -0.39 is 5.41 Å². The molecular weight excluding hydrogens is 264 g/mol. The van der Waals surface area contributed by atoms with Crippen LogP contribution in [0.1, 0.15) is 49.4 Å². The molecule has 1 saturated carbocycles. The number of rotatable bonds is 5. The summed E-state index contributed by atoms with van der Waals surface area (Å²) in [6.07, 6.45) is 6.00. The van der Waals surface area contributed by atoms with Crippen LogP contribution in [0.15, 0.2) is 42.5 Å². The van der Waals surface area contributed by atoms with Crippen LogP contribution >= 0.6 is 0 Å². The van der Waals surface area contributed by atoms with Gasteiger partial charge in [-0.05, 0) is 32.3 Å². The first-order valence-electron chi connectivity index (χ1n) is 7.36. The van der Waals surface area contributed by atoms with Gasteiger partial charge in [-0.15, -0.1) is 0 Å². The van der Waals surface area contributed by atoms with Crippen LogP contribution in [0.25, 0.3) is 0 Å². The molecule has 0 atom stereocenters. The van der Waals surface area contributed by atoms with Crippen LogP contribution in [0.2, 0.25) is 0 Å². The minimum absolute atomic E-state index is 0.0431. The second-order valence-electron chi connectivity index (χ2n) is 5.70. The highest BCUT2D eigenvalue weighted by molar-refractivity contribution is 6.08. The van der Waals surface area contributed by atoms with Crippen molar-refractivity contribution < 1.29 is 14.4 Å². The predicted octanol–water partition coefficient (Wildman–Crippen LogP) is 3.53. The molecule has 3 heteroatoms. The quantitative estimate of drug-likeness (QED) is 0.472. The largest absolute Gasteiger partial charge is 0.299 e. The smallest absolute Gasteiger partial charge is 0.185 e. The Hall–Kier alpha value is -2.03. The van der Waals surface area contributed by atoms with Gasteiger partial charge in [-0.2, -0.15) is 0 Å². The van der Waals surface area contributed by atoms with Gasteiger partial charge in [0.05, 0.1) is 5.41 Å². The van der Waals surface area contributed by atoms with Crippen LogP contribution in [0.5, 0.6) is 0 Å². The highest BCUT2D eigenvalue weighted by Gasteiger charge is 2.41. The molecular formula is C18H20O3. The lowest BCUT2D eigenvalue weighted by atomic mass is 9.71. The van der Waals surface area contributed by atoms with E-state index in [1.54, 1.807) is 25.1 Å². The van der Waals surface area contributed by atoms with Crippen molar-refractivity contribution in [2.45, 2.75) is 39.0 Å². The van der Waals surface area contributed by atoms with E-state index in [9.17, 15) is 14.4 Å². The van der Waals surface area contributed by atoms with Crippen molar-refractivity contribution in [2.75, 3.05) is 0 Å². The maximum atomic E-state index is 12.0. The molecule has 2 rings (SSSR count). The summed E-state index contributed by atoms with van der Waals surface area (Å²) in [7, 11) is 0. The molecule has 0 amide bonds. The number of hydrogen-bond acceptors (Lipinski definition) is 3. The third-order valence-electron chi connectivity index (χ3n) is 4.18. The predicted molar refractivity (Wildman–Crippen MR) is 81.1 cm³/mol. The van der Waals surface area contributed by atoms with Crippen molar-refractivity contribution in [3.05, 3.63) is 48.0 Å². The Bertz CT molecular complexity index is 553. The average Bonchev–Trinajstić information content (AvgIpc) is 2.50. The maximum Gasteiger partial charge on any atom is 0.185 e. The van der Waals surface area contributed by atoms with Gasteiger partial charge in [0, 0.05) is 18.4 Å². The molecule has 0 aromatic heterocycles. The number of Topliss-reactive ketones (excluding diaryl/α,β-unsaturated/α-hetero) is 2. The SMILES string of the molecule is CC1(CC/C=C/C(=O)c2ccccc2)C(=O)CCCC1=O. The van der Waals surface area contributed by atoms with Gasteiger partial charge in [-0.3, -0.25) is 14.4 Å². The first-order chi connectivity index (χ1) is 10.0. The molecule has 0 N–H and O–H groups in total. The fraction of sp³-hybridized carbons (Fsp3) is 0.389. The summed E-state index contributed by atoms with van der Waals surface area (Å²) in [6.45, 7) is 1.74. The summed E-state index contributed by atoms with van der Waals surface area (Å²) in [6, 6.07) is 9.04. The van der Waals surface area contributed by atoms with E-state index in [2.05, 4.69) is 0 Å². The van der Waals surface area contributed by atoms with Gasteiger partial charge in [0.1, 0.15) is 11.6 Å². The van der Waals surface area contributed by atoms with Gasteiger partial charge in [-0.25, -0.2) is 0 Å². The van der Waals surface area contributed by atoms with E-state index in [1.807, 2.05) is 18.2 Å². The van der Waals surface area contributed by atoms with Gasteiger partial charge in [0.25, 0.3) is 0 Å². The lowest BCUT2D eigenvalue weighted by molar-refractivity contribution is -0.143. The summed E-state index contributed by atoms with van der Waals surface area (Å²) in [5, 5.41) is 0. The van der Waals surface area contributed by atoms with Gasteiger partial charge >= 0.3 is 0 Å². The minimum atomic E-state index is -0.849. The van der Waals surface area contributed by atoms with Gasteiger partial charge in [0.15, 0.2) is 5.78 Å². The molecule has 0 saturated heterocycles. The fourth-order valence-electron chi connectivity index (χ4n) is 2.66. The summed E-state index contributed by atoms with van der Waals surface area (Å²) in [5.74, 6) is 0.0325. The summed E-state index contributed by atoms with van der Waals surface area (Å²) in [5.41, 5.74) is -0.206. The molecule has 110 valence electrons. The van der Waals surface area contributed by atoms with E-state index in [1.165, 1.54) is 6.08 Å². The summed E-state index contributed by atoms with van der Waals surface area (Å²) >= 11 is 0. The number of hydrogen-bond donors (Lipinski definition) is 0. The van der Waals surface area contributed by atoms with Crippen molar-refractivity contribution in [3.63, 3.8) is 0 Å². The molecule has 0 heterocycles. The number of ketones is 3. The van der Waals surface area contributed by atoms with E-state index in [0.29, 0.717) is 37.7 Å². The highest BCUT2D eigenvalue weighted by Crippen LogP contribution is 2.34. The van der Waals surface area contributed by atoms with E-state index in [4.69, 9.17) is 0 Å². The van der Waals surface area contributed by atoms with E-state index >= 15 is 0 Å². The van der Waals surface area contributed by atoms with Crippen LogP contribution in [0, 0.1) is 5.41 Å². The molecule has 1 aromatic rings. The van der Waals surface area contributed by atoms with Gasteiger partial charge in [0.2, 0.25) is 0 Å². The number of benzene rings is 1. The molecule has 1 aliphatic carbocycles. The lowest BCUT2D eigenvalue weighted by Gasteiger charge is -2.29. The summed E-state index contributed by atoms with van der Waals surface area (Å²) < 4.78 is 0. The van der Waals surface area contributed by atoms with Crippen LogP contribution in [-0.2, 0) is 9.59 Å². The Balaban J connectivity index is 1.91. The second kappa shape index (κ2) is 6.61. The lowest BCUT2D eigenvalue weighted by Crippen LogP contribution is -2.39. The molecule has 3 nitrogen and oxygen atoms in total. The third kappa shape index (κ3) is 3.54. The number of carbonyl (C=O) groups is 3. The van der Waals surface area contributed by atoms with Gasteiger partial charge in [-0.1, -0.05) is 36.4 Å². The molecule has 0 unspecified atom stereocenters. The molecule has 0 bridgehead atoms. The van der Waals surface area contributed by atoms with E-state index in [0.717, 1.165) is 0 Å². The zero-order valence-corrected chi connectivity index (χ0v) is 12.3. The van der Waals surface area contributed by atoms with Crippen LogP contribution in [0.3, 0.4) is 0 Å². The second-order valence-corrected chi connectivity index (χ2v) is 5.70. The summed E-state index contributed by atoms with van der Waals surface area (Å²) in [4.78, 5) is 35.8. The Morgan fingerprint density at radius 3 is 2.38 bits per heavy atom. The zero-order valence-electron chi connectivity index (χ0n) is 12.3. The van der Waals surface area contributed by atoms with Crippen molar-refractivity contribution in [2.24, 2.45) is 5.41 Å². The first kappa shape index (κ1) is 15.4. The van der Waals surface area contributed by atoms with Crippen molar-refractivity contribution >= 4 is 17.3 Å². The Morgan fingerprint density at radius 2 is 1.76 bits per heavy atom. The fourth-order valence-corrected chi connectivity index (χ4v) is 2.66. The minimum Gasteiger partial charge on any atom is -0.299 e. The molecule has 1 aliphatic rings. The topological polar surface area (TPSA) is 51.2 Å². The number of allylic oxidation sites excluding steroid dienone is 2. The Kier molecular flexibility index (Phi) is 4.84. The molecule has 0 spiro atoms. The molecule has 0 aliphatic heterocycles. The molecule has 1 aromatic carbocycles. The molecule has 0 radical (unpaired) electrons. The highest BCUT2D eigenvalue weighted by atomic mass is 16.2.